The number of benzene rings is 2. The van der Waals surface area contributed by atoms with Gasteiger partial charge in [0.15, 0.2) is 5.82 Å². The van der Waals surface area contributed by atoms with Gasteiger partial charge in [0.05, 0.1) is 18.1 Å². The van der Waals surface area contributed by atoms with Crippen molar-refractivity contribution < 1.29 is 4.79 Å². The standard InChI is InChI=1S/C30H32N8O/c31-29-28-24(22-8-9-23-18-37(35-26(23)15-22)17-20-5-2-1-3-6-20)16-27(38(28)34-19-33-29)21-10-13-36(14-11-21)30(39)25-7-4-12-32-25/h1-3,5-6,8-9,15-16,18-19,21,25,32H,4,7,10-14,17H2,(H2,31,33,34)/t25-/m1/s1. The number of amides is 1. The highest BCUT2D eigenvalue weighted by molar-refractivity contribution is 5.92. The first-order chi connectivity index (χ1) is 19.1. The van der Waals surface area contributed by atoms with Crippen LogP contribution in [0.25, 0.3) is 27.5 Å². The van der Waals surface area contributed by atoms with Crippen LogP contribution in [-0.2, 0) is 11.3 Å². The first-order valence-corrected chi connectivity index (χ1v) is 13.8. The molecule has 2 aliphatic heterocycles. The van der Waals surface area contributed by atoms with Gasteiger partial charge >= 0.3 is 0 Å². The van der Waals surface area contributed by atoms with Crippen molar-refractivity contribution in [3.8, 4) is 11.1 Å². The highest BCUT2D eigenvalue weighted by Gasteiger charge is 2.32. The summed E-state index contributed by atoms with van der Waals surface area (Å²) in [5.74, 6) is 0.994. The van der Waals surface area contributed by atoms with Crippen LogP contribution < -0.4 is 11.1 Å². The van der Waals surface area contributed by atoms with Gasteiger partial charge in [0.2, 0.25) is 5.91 Å². The maximum atomic E-state index is 12.9. The molecule has 0 unspecified atom stereocenters. The lowest BCUT2D eigenvalue weighted by Crippen LogP contribution is -2.46. The second-order valence-corrected chi connectivity index (χ2v) is 10.7. The summed E-state index contributed by atoms with van der Waals surface area (Å²) < 4.78 is 3.94. The zero-order valence-corrected chi connectivity index (χ0v) is 21.8. The molecule has 0 saturated carbocycles. The molecule has 2 saturated heterocycles. The Labute approximate surface area is 226 Å². The van der Waals surface area contributed by atoms with Crippen molar-refractivity contribution >= 4 is 28.1 Å². The first-order valence-electron chi connectivity index (χ1n) is 13.8. The van der Waals surface area contributed by atoms with Crippen molar-refractivity contribution in [3.05, 3.63) is 78.4 Å². The molecule has 2 aromatic carbocycles. The summed E-state index contributed by atoms with van der Waals surface area (Å²) >= 11 is 0. The molecule has 0 aliphatic carbocycles. The van der Waals surface area contributed by atoms with E-state index in [9.17, 15) is 4.79 Å². The van der Waals surface area contributed by atoms with Gasteiger partial charge in [-0.1, -0.05) is 42.5 Å². The molecule has 198 valence electrons. The second kappa shape index (κ2) is 9.81. The summed E-state index contributed by atoms with van der Waals surface area (Å²) in [6, 6.07) is 18.9. The van der Waals surface area contributed by atoms with E-state index in [2.05, 4.69) is 58.0 Å². The third-order valence-electron chi connectivity index (χ3n) is 8.25. The zero-order valence-electron chi connectivity index (χ0n) is 21.8. The molecular weight excluding hydrogens is 488 g/mol. The number of likely N-dealkylation sites (tertiary alicyclic amines) is 1. The molecular formula is C30H32N8O. The molecule has 9 nitrogen and oxygen atoms in total. The largest absolute Gasteiger partial charge is 0.382 e. The molecule has 3 aromatic heterocycles. The third-order valence-corrected chi connectivity index (χ3v) is 8.25. The molecule has 5 heterocycles. The Morgan fingerprint density at radius 3 is 2.69 bits per heavy atom. The van der Waals surface area contributed by atoms with Gasteiger partial charge in [-0.25, -0.2) is 9.50 Å². The topological polar surface area (TPSA) is 106 Å². The number of piperidine rings is 1. The van der Waals surface area contributed by atoms with E-state index in [-0.39, 0.29) is 17.9 Å². The Balaban J connectivity index is 1.18. The van der Waals surface area contributed by atoms with Crippen LogP contribution in [0.1, 0.15) is 42.9 Å². The summed E-state index contributed by atoms with van der Waals surface area (Å²) in [4.78, 5) is 19.3. The number of rotatable bonds is 5. The summed E-state index contributed by atoms with van der Waals surface area (Å²) in [6.07, 6.45) is 7.42. The fraction of sp³-hybridized carbons (Fsp3) is 0.333. The quantitative estimate of drug-likeness (QED) is 0.365. The lowest BCUT2D eigenvalue weighted by Gasteiger charge is -2.33. The molecule has 5 aromatic rings. The monoisotopic (exact) mass is 520 g/mol. The number of nitrogens with zero attached hydrogens (tertiary/aromatic N) is 6. The van der Waals surface area contributed by atoms with Gasteiger partial charge in [0.1, 0.15) is 11.8 Å². The van der Waals surface area contributed by atoms with E-state index in [1.165, 1.54) is 11.9 Å². The van der Waals surface area contributed by atoms with Crippen LogP contribution in [0.3, 0.4) is 0 Å². The van der Waals surface area contributed by atoms with E-state index in [1.807, 2.05) is 32.3 Å². The van der Waals surface area contributed by atoms with Crippen LogP contribution in [0.4, 0.5) is 5.82 Å². The van der Waals surface area contributed by atoms with Crippen molar-refractivity contribution in [1.82, 2.24) is 34.6 Å². The normalized spacial score (nSPS) is 18.4. The SMILES string of the molecule is Nc1ncnn2c(C3CCN(C(=O)[C@H]4CCCN4)CC3)cc(-c3ccc4cn(Cc5ccccc5)nc4c3)c12. The minimum absolute atomic E-state index is 0.0130. The molecule has 0 bridgehead atoms. The van der Waals surface area contributed by atoms with Crippen molar-refractivity contribution in [2.75, 3.05) is 25.4 Å². The van der Waals surface area contributed by atoms with Gasteiger partial charge in [-0.05, 0) is 55.5 Å². The van der Waals surface area contributed by atoms with Gasteiger partial charge < -0.3 is 16.0 Å². The Morgan fingerprint density at radius 2 is 1.90 bits per heavy atom. The predicted molar refractivity (Wildman–Crippen MR) is 151 cm³/mol. The number of carbonyl (C=O) groups excluding carboxylic acids is 1. The highest BCUT2D eigenvalue weighted by atomic mass is 16.2. The first kappa shape index (κ1) is 23.8. The molecule has 1 atom stereocenters. The van der Waals surface area contributed by atoms with Crippen LogP contribution in [-0.4, -0.2) is 60.9 Å². The lowest BCUT2D eigenvalue weighted by atomic mass is 9.92. The smallest absolute Gasteiger partial charge is 0.239 e. The molecule has 1 amide bonds. The fourth-order valence-electron chi connectivity index (χ4n) is 6.20. The number of anilines is 1. The number of nitrogens with two attached hydrogens (primary N) is 1. The summed E-state index contributed by atoms with van der Waals surface area (Å²) in [6.45, 7) is 3.18. The summed E-state index contributed by atoms with van der Waals surface area (Å²) in [5, 5.41) is 13.9. The Morgan fingerprint density at radius 1 is 1.05 bits per heavy atom. The van der Waals surface area contributed by atoms with Gasteiger partial charge in [0.25, 0.3) is 0 Å². The van der Waals surface area contributed by atoms with Crippen LogP contribution in [0.5, 0.6) is 0 Å². The second-order valence-electron chi connectivity index (χ2n) is 10.7. The minimum Gasteiger partial charge on any atom is -0.382 e. The van der Waals surface area contributed by atoms with Gasteiger partial charge in [0, 0.05) is 41.8 Å². The number of fused-ring (bicyclic) bond motifs is 2. The maximum absolute atomic E-state index is 12.9. The fourth-order valence-corrected chi connectivity index (χ4v) is 6.20. The molecule has 7 rings (SSSR count). The number of hydrogen-bond donors (Lipinski definition) is 2. The number of nitrogen functional groups attached to an aromatic ring is 1. The van der Waals surface area contributed by atoms with E-state index in [1.54, 1.807) is 0 Å². The molecule has 2 aliphatic rings. The average molecular weight is 521 g/mol. The number of aromatic nitrogens is 5. The van der Waals surface area contributed by atoms with Crippen LogP contribution >= 0.6 is 0 Å². The van der Waals surface area contributed by atoms with Gasteiger partial charge in [-0.3, -0.25) is 9.48 Å². The molecule has 2 fully saturated rings. The van der Waals surface area contributed by atoms with Crippen LogP contribution in [0.15, 0.2) is 67.1 Å². The van der Waals surface area contributed by atoms with Crippen molar-refractivity contribution in [2.24, 2.45) is 0 Å². The van der Waals surface area contributed by atoms with Crippen molar-refractivity contribution in [1.29, 1.82) is 0 Å². The van der Waals surface area contributed by atoms with Gasteiger partial charge in [-0.2, -0.15) is 10.2 Å². The van der Waals surface area contributed by atoms with Crippen molar-refractivity contribution in [3.63, 3.8) is 0 Å². The van der Waals surface area contributed by atoms with E-state index >= 15 is 0 Å². The average Bonchev–Trinajstić information content (AvgIpc) is 3.72. The Kier molecular flexibility index (Phi) is 6.00. The number of hydrogen-bond acceptors (Lipinski definition) is 6. The summed E-state index contributed by atoms with van der Waals surface area (Å²) in [7, 11) is 0. The number of carbonyl (C=O) groups is 1. The Bertz CT molecular complexity index is 1640. The van der Waals surface area contributed by atoms with Gasteiger partial charge in [-0.15, -0.1) is 0 Å². The minimum atomic E-state index is -0.0130. The molecule has 0 spiro atoms. The highest BCUT2D eigenvalue weighted by Crippen LogP contribution is 2.37. The van der Waals surface area contributed by atoms with E-state index in [0.717, 1.165) is 85.1 Å². The molecule has 9 heteroatoms. The molecule has 39 heavy (non-hydrogen) atoms. The maximum Gasteiger partial charge on any atom is 0.239 e. The predicted octanol–water partition coefficient (Wildman–Crippen LogP) is 3.83. The number of nitrogens with one attached hydrogen (secondary N) is 1. The summed E-state index contributed by atoms with van der Waals surface area (Å²) in [5.41, 5.74) is 12.6. The van der Waals surface area contributed by atoms with Crippen molar-refractivity contribution in [2.45, 2.75) is 44.2 Å². The van der Waals surface area contributed by atoms with E-state index < -0.39 is 0 Å². The molecule has 3 N–H and O–H groups in total. The lowest BCUT2D eigenvalue weighted by molar-refractivity contribution is -0.134. The van der Waals surface area contributed by atoms with Crippen LogP contribution in [0, 0.1) is 0 Å². The third kappa shape index (κ3) is 4.42. The van der Waals surface area contributed by atoms with E-state index in [0.29, 0.717) is 5.82 Å². The Hall–Kier alpha value is -4.24. The molecule has 0 radical (unpaired) electrons. The van der Waals surface area contributed by atoms with E-state index in [4.69, 9.17) is 10.8 Å². The van der Waals surface area contributed by atoms with Crippen LogP contribution in [0.2, 0.25) is 0 Å². The zero-order chi connectivity index (χ0) is 26.3.